The molecule has 0 aromatic carbocycles. The van der Waals surface area contributed by atoms with Crippen LogP contribution in [0.2, 0.25) is 18.1 Å². The first-order valence-electron chi connectivity index (χ1n) is 16.2. The second-order valence-corrected chi connectivity index (χ2v) is 20.0. The molecule has 0 bridgehead atoms. The van der Waals surface area contributed by atoms with Gasteiger partial charge in [0.1, 0.15) is 18.8 Å². The molecule has 8 heteroatoms. The molecule has 0 aromatic heterocycles. The van der Waals surface area contributed by atoms with E-state index >= 15 is 0 Å². The number of hydrogen-bond donors (Lipinski definition) is 0. The molecular weight excluding hydrogens is 560 g/mol. The standard InChI is InChI=1S/C35H56O7Si/c1-11-18-39-30(36)16-17-35(7,8)33(38)41-29-20-23(2)19-25-13-12-24(3)28(32(25)29)15-14-26-21-27(22-31(37)40-26)42-43(9,10)34(4,5)6/h11-13,19,23-24,26-29,32H,1,14-18,20-22H2,2-10H3. The van der Waals surface area contributed by atoms with E-state index in [1.807, 2.05) is 13.8 Å². The quantitative estimate of drug-likeness (QED) is 0.0960. The molecule has 3 rings (SSSR count). The Morgan fingerprint density at radius 2 is 1.81 bits per heavy atom. The molecule has 242 valence electrons. The molecule has 0 radical (unpaired) electrons. The summed E-state index contributed by atoms with van der Waals surface area (Å²) in [7, 11) is -2.01. The van der Waals surface area contributed by atoms with Crippen LogP contribution in [0.5, 0.6) is 0 Å². The van der Waals surface area contributed by atoms with Crippen LogP contribution < -0.4 is 0 Å². The maximum absolute atomic E-state index is 13.5. The van der Waals surface area contributed by atoms with Gasteiger partial charge in [-0.2, -0.15) is 0 Å². The van der Waals surface area contributed by atoms with Crippen molar-refractivity contribution in [1.82, 2.24) is 0 Å². The Morgan fingerprint density at radius 1 is 1.12 bits per heavy atom. The Kier molecular flexibility index (Phi) is 11.7. The van der Waals surface area contributed by atoms with E-state index in [1.165, 1.54) is 11.6 Å². The summed E-state index contributed by atoms with van der Waals surface area (Å²) >= 11 is 0. The number of carbonyl (C=O) groups is 3. The molecule has 7 nitrogen and oxygen atoms in total. The number of fused-ring (bicyclic) bond motifs is 1. The van der Waals surface area contributed by atoms with Gasteiger partial charge < -0.3 is 18.6 Å². The predicted octanol–water partition coefficient (Wildman–Crippen LogP) is 7.71. The fourth-order valence-corrected chi connectivity index (χ4v) is 7.71. The van der Waals surface area contributed by atoms with Crippen LogP contribution >= 0.6 is 0 Å². The van der Waals surface area contributed by atoms with Gasteiger partial charge in [0.15, 0.2) is 8.32 Å². The van der Waals surface area contributed by atoms with Crippen molar-refractivity contribution in [2.75, 3.05) is 6.61 Å². The third kappa shape index (κ3) is 9.40. The Bertz CT molecular complexity index is 1080. The van der Waals surface area contributed by atoms with Gasteiger partial charge >= 0.3 is 17.9 Å². The van der Waals surface area contributed by atoms with Crippen LogP contribution in [0.1, 0.15) is 93.4 Å². The number of cyclic esters (lactones) is 1. The Morgan fingerprint density at radius 3 is 2.47 bits per heavy atom. The number of carbonyl (C=O) groups excluding carboxylic acids is 3. The van der Waals surface area contributed by atoms with Gasteiger partial charge in [0, 0.05) is 18.8 Å². The highest BCUT2D eigenvalue weighted by Gasteiger charge is 2.45. The molecular formula is C35H56O7Si. The van der Waals surface area contributed by atoms with E-state index in [4.69, 9.17) is 18.6 Å². The van der Waals surface area contributed by atoms with Crippen LogP contribution in [-0.4, -0.2) is 51.1 Å². The van der Waals surface area contributed by atoms with Gasteiger partial charge in [-0.3, -0.25) is 14.4 Å². The summed E-state index contributed by atoms with van der Waals surface area (Å²) in [5.74, 6) is 0.103. The molecule has 0 N–H and O–H groups in total. The fourth-order valence-electron chi connectivity index (χ4n) is 6.34. The lowest BCUT2D eigenvalue weighted by molar-refractivity contribution is -0.166. The fraction of sp³-hybridized carbons (Fsp3) is 0.743. The molecule has 7 unspecified atom stereocenters. The van der Waals surface area contributed by atoms with Crippen molar-refractivity contribution in [2.24, 2.45) is 29.1 Å². The number of ether oxygens (including phenoxy) is 3. The maximum atomic E-state index is 13.5. The Balaban J connectivity index is 1.69. The lowest BCUT2D eigenvalue weighted by atomic mass is 9.65. The highest BCUT2D eigenvalue weighted by molar-refractivity contribution is 6.74. The minimum atomic E-state index is -2.01. The van der Waals surface area contributed by atoms with Crippen molar-refractivity contribution < 1.29 is 33.0 Å². The second-order valence-electron chi connectivity index (χ2n) is 15.2. The number of allylic oxidation sites excluding steroid dienone is 3. The minimum absolute atomic E-state index is 0.0738. The van der Waals surface area contributed by atoms with Crippen LogP contribution in [0, 0.1) is 29.1 Å². The summed E-state index contributed by atoms with van der Waals surface area (Å²) in [5.41, 5.74) is 0.406. The van der Waals surface area contributed by atoms with E-state index in [0.717, 1.165) is 25.7 Å². The van der Waals surface area contributed by atoms with Gasteiger partial charge in [-0.1, -0.05) is 65.5 Å². The average molecular weight is 617 g/mol. The normalized spacial score (nSPS) is 29.7. The van der Waals surface area contributed by atoms with E-state index in [2.05, 4.69) is 72.5 Å². The van der Waals surface area contributed by atoms with Gasteiger partial charge in [0.25, 0.3) is 0 Å². The van der Waals surface area contributed by atoms with E-state index in [-0.39, 0.29) is 72.0 Å². The van der Waals surface area contributed by atoms with Crippen molar-refractivity contribution in [2.45, 2.75) is 130 Å². The molecule has 0 aromatic rings. The van der Waals surface area contributed by atoms with Crippen LogP contribution in [-0.2, 0) is 33.0 Å². The Labute approximate surface area is 261 Å². The Hall–Kier alpha value is -2.19. The van der Waals surface area contributed by atoms with Crippen molar-refractivity contribution in [1.29, 1.82) is 0 Å². The van der Waals surface area contributed by atoms with E-state index in [1.54, 1.807) is 0 Å². The zero-order chi connectivity index (χ0) is 32.2. The van der Waals surface area contributed by atoms with Crippen LogP contribution in [0.15, 0.2) is 36.5 Å². The third-order valence-electron chi connectivity index (χ3n) is 10.0. The van der Waals surface area contributed by atoms with Gasteiger partial charge in [-0.05, 0) is 81.0 Å². The summed E-state index contributed by atoms with van der Waals surface area (Å²) in [6.07, 6.45) is 11.7. The van der Waals surface area contributed by atoms with Gasteiger partial charge in [-0.25, -0.2) is 0 Å². The molecule has 2 aliphatic carbocycles. The number of rotatable bonds is 12. The van der Waals surface area contributed by atoms with Crippen molar-refractivity contribution >= 4 is 26.2 Å². The molecule has 7 atom stereocenters. The number of hydrogen-bond acceptors (Lipinski definition) is 7. The van der Waals surface area contributed by atoms with Gasteiger partial charge in [0.05, 0.1) is 17.9 Å². The molecule has 1 heterocycles. The maximum Gasteiger partial charge on any atom is 0.311 e. The zero-order valence-electron chi connectivity index (χ0n) is 28.1. The summed E-state index contributed by atoms with van der Waals surface area (Å²) in [4.78, 5) is 38.2. The van der Waals surface area contributed by atoms with E-state index < -0.39 is 13.7 Å². The lowest BCUT2D eigenvalue weighted by Gasteiger charge is -2.44. The SMILES string of the molecule is C=CCOC(=O)CCC(C)(C)C(=O)OC1CC(C)C=C2C=CC(C)C(CCC3CC(O[Si](C)(C)C(C)(C)C)CC(=O)O3)C21. The summed E-state index contributed by atoms with van der Waals surface area (Å²) in [5, 5.41) is 0.0738. The largest absolute Gasteiger partial charge is 0.462 e. The van der Waals surface area contributed by atoms with E-state index in [0.29, 0.717) is 18.8 Å². The smallest absolute Gasteiger partial charge is 0.311 e. The first kappa shape index (κ1) is 35.3. The monoisotopic (exact) mass is 616 g/mol. The first-order chi connectivity index (χ1) is 19.9. The molecule has 1 fully saturated rings. The molecule has 3 aliphatic rings. The highest BCUT2D eigenvalue weighted by atomic mass is 28.4. The molecule has 0 amide bonds. The summed E-state index contributed by atoms with van der Waals surface area (Å²) in [6.45, 7) is 22.9. The highest BCUT2D eigenvalue weighted by Crippen LogP contribution is 2.46. The van der Waals surface area contributed by atoms with Crippen LogP contribution in [0.25, 0.3) is 0 Å². The van der Waals surface area contributed by atoms with E-state index in [9.17, 15) is 14.4 Å². The van der Waals surface area contributed by atoms with Gasteiger partial charge in [-0.15, -0.1) is 0 Å². The van der Waals surface area contributed by atoms with Crippen molar-refractivity contribution in [3.63, 3.8) is 0 Å². The summed E-state index contributed by atoms with van der Waals surface area (Å²) in [6, 6.07) is 0. The zero-order valence-corrected chi connectivity index (χ0v) is 29.1. The van der Waals surface area contributed by atoms with Crippen LogP contribution in [0.3, 0.4) is 0 Å². The van der Waals surface area contributed by atoms with Crippen LogP contribution in [0.4, 0.5) is 0 Å². The minimum Gasteiger partial charge on any atom is -0.462 e. The first-order valence-corrected chi connectivity index (χ1v) is 19.1. The number of esters is 3. The van der Waals surface area contributed by atoms with Crippen molar-refractivity contribution in [3.05, 3.63) is 36.5 Å². The second kappa shape index (κ2) is 14.3. The third-order valence-corrected chi connectivity index (χ3v) is 14.6. The van der Waals surface area contributed by atoms with Gasteiger partial charge in [0.2, 0.25) is 0 Å². The topological polar surface area (TPSA) is 88.1 Å². The van der Waals surface area contributed by atoms with Crippen molar-refractivity contribution in [3.8, 4) is 0 Å². The molecule has 1 saturated heterocycles. The molecule has 0 saturated carbocycles. The predicted molar refractivity (Wildman–Crippen MR) is 172 cm³/mol. The molecule has 1 aliphatic heterocycles. The average Bonchev–Trinajstić information content (AvgIpc) is 2.89. The molecule has 0 spiro atoms. The lowest BCUT2D eigenvalue weighted by Crippen LogP contribution is -2.47. The summed E-state index contributed by atoms with van der Waals surface area (Å²) < 4.78 is 23.9. The molecule has 43 heavy (non-hydrogen) atoms.